The molecule has 0 atom stereocenters. The first-order valence-electron chi connectivity index (χ1n) is 3.93. The van der Waals surface area contributed by atoms with Gasteiger partial charge in [0.1, 0.15) is 8.83 Å². The highest BCUT2D eigenvalue weighted by Gasteiger charge is 2.34. The molecule has 0 aromatic rings. The summed E-state index contributed by atoms with van der Waals surface area (Å²) in [6.07, 6.45) is 1.22. The van der Waals surface area contributed by atoms with Gasteiger partial charge in [-0.3, -0.25) is 0 Å². The lowest BCUT2D eigenvalue weighted by Crippen LogP contribution is -2.28. The zero-order valence-electron chi connectivity index (χ0n) is 7.79. The summed E-state index contributed by atoms with van der Waals surface area (Å²) in [5, 5.41) is 0.392. The molecule has 0 rings (SSSR count). The predicted octanol–water partition coefficient (Wildman–Crippen LogP) is 2.94. The molecular weight excluding hydrogens is 160 g/mol. The summed E-state index contributed by atoms with van der Waals surface area (Å²) < 4.78 is 0. The maximum absolute atomic E-state index is 6.00. The molecule has 10 heavy (non-hydrogen) atoms. The number of hydrogen-bond donors (Lipinski definition) is 0. The van der Waals surface area contributed by atoms with E-state index in [0.29, 0.717) is 10.5 Å². The number of rotatable bonds is 3. The Morgan fingerprint density at radius 3 is 1.70 bits per heavy atom. The lowest BCUT2D eigenvalue weighted by Gasteiger charge is -2.39. The van der Waals surface area contributed by atoms with Crippen LogP contribution < -0.4 is 0 Å². The van der Waals surface area contributed by atoms with Crippen molar-refractivity contribution in [3.8, 4) is 0 Å². The minimum absolute atomic E-state index is 0.392. The van der Waals surface area contributed by atoms with Gasteiger partial charge in [0, 0.05) is 0 Å². The van der Waals surface area contributed by atoms with Crippen LogP contribution in [0.2, 0.25) is 5.04 Å². The molecular formula is C8H19ClSi. The highest BCUT2D eigenvalue weighted by atomic mass is 35.6. The fourth-order valence-corrected chi connectivity index (χ4v) is 2.36. The summed E-state index contributed by atoms with van der Waals surface area (Å²) in [7, 11) is -0.401. The van der Waals surface area contributed by atoms with E-state index < -0.39 is 8.83 Å². The maximum Gasteiger partial charge on any atom is 0.131 e. The summed E-state index contributed by atoms with van der Waals surface area (Å²) in [6, 6.07) is 0. The van der Waals surface area contributed by atoms with Crippen molar-refractivity contribution in [3.63, 3.8) is 0 Å². The van der Waals surface area contributed by atoms with E-state index in [1.54, 1.807) is 0 Å². The first-order chi connectivity index (χ1) is 4.37. The van der Waals surface area contributed by atoms with Crippen molar-refractivity contribution in [1.29, 1.82) is 0 Å². The molecule has 0 aliphatic carbocycles. The third-order valence-electron chi connectivity index (χ3n) is 3.05. The molecule has 2 heteroatoms. The van der Waals surface area contributed by atoms with Crippen molar-refractivity contribution in [2.75, 3.05) is 0 Å². The van der Waals surface area contributed by atoms with E-state index in [1.165, 1.54) is 6.42 Å². The van der Waals surface area contributed by atoms with Gasteiger partial charge in [0.15, 0.2) is 0 Å². The smallest absolute Gasteiger partial charge is 0.131 e. The van der Waals surface area contributed by atoms with Gasteiger partial charge in [-0.2, -0.15) is 11.1 Å². The molecule has 0 aliphatic rings. The summed E-state index contributed by atoms with van der Waals surface area (Å²) >= 11 is 6.00. The molecule has 0 nitrogen and oxygen atoms in total. The van der Waals surface area contributed by atoms with Gasteiger partial charge < -0.3 is 0 Å². The van der Waals surface area contributed by atoms with Crippen molar-refractivity contribution in [3.05, 3.63) is 0 Å². The molecule has 62 valence electrons. The molecule has 0 saturated carbocycles. The standard InChI is InChI=1S/C8H19ClSi/c1-6-7(2,3)8(4,5)10-9/h6,10H2,1-5H3. The highest BCUT2D eigenvalue weighted by molar-refractivity contribution is 6.95. The SMILES string of the molecule is CCC(C)(C)C(C)(C)[SiH2]Cl. The fraction of sp³-hybridized carbons (Fsp3) is 1.00. The lowest BCUT2D eigenvalue weighted by molar-refractivity contribution is 0.256. The molecule has 0 spiro atoms. The molecule has 0 saturated heterocycles. The summed E-state index contributed by atoms with van der Waals surface area (Å²) in [4.78, 5) is 0. The third kappa shape index (κ3) is 1.99. The predicted molar refractivity (Wildman–Crippen MR) is 52.5 cm³/mol. The average Bonchev–Trinajstić information content (AvgIpc) is 1.88. The molecule has 0 heterocycles. The highest BCUT2D eigenvalue weighted by Crippen LogP contribution is 2.46. The van der Waals surface area contributed by atoms with E-state index in [0.717, 1.165) is 0 Å². The first-order valence-corrected chi connectivity index (χ1v) is 6.78. The molecule has 0 aromatic carbocycles. The van der Waals surface area contributed by atoms with Gasteiger partial charge in [0.2, 0.25) is 0 Å². The Labute approximate surface area is 71.9 Å². The molecule has 0 aliphatic heterocycles. The van der Waals surface area contributed by atoms with Gasteiger partial charge in [-0.25, -0.2) is 0 Å². The monoisotopic (exact) mass is 178 g/mol. The second-order valence-electron chi connectivity index (χ2n) is 4.25. The Morgan fingerprint density at radius 1 is 1.20 bits per heavy atom. The topological polar surface area (TPSA) is 0 Å². The van der Waals surface area contributed by atoms with E-state index in [2.05, 4.69) is 34.6 Å². The second-order valence-corrected chi connectivity index (χ2v) is 7.09. The van der Waals surface area contributed by atoms with E-state index in [9.17, 15) is 0 Å². The van der Waals surface area contributed by atoms with Crippen molar-refractivity contribution in [1.82, 2.24) is 0 Å². The molecule has 0 unspecified atom stereocenters. The van der Waals surface area contributed by atoms with Gasteiger partial charge in [-0.05, 0) is 10.5 Å². The molecule has 0 aromatic heterocycles. The van der Waals surface area contributed by atoms with E-state index in [4.69, 9.17) is 11.1 Å². The Balaban J connectivity index is 4.28. The van der Waals surface area contributed by atoms with Gasteiger partial charge in [-0.15, -0.1) is 0 Å². The van der Waals surface area contributed by atoms with Crippen LogP contribution in [0.5, 0.6) is 0 Å². The largest absolute Gasteiger partial charge is 0.176 e. The van der Waals surface area contributed by atoms with Crippen LogP contribution in [0, 0.1) is 5.41 Å². The zero-order valence-corrected chi connectivity index (χ0v) is 9.96. The normalized spacial score (nSPS) is 15.0. The van der Waals surface area contributed by atoms with Gasteiger partial charge in [-0.1, -0.05) is 41.0 Å². The van der Waals surface area contributed by atoms with Crippen LogP contribution >= 0.6 is 11.1 Å². The number of halogens is 1. The van der Waals surface area contributed by atoms with Gasteiger partial charge >= 0.3 is 0 Å². The van der Waals surface area contributed by atoms with Crippen molar-refractivity contribution in [2.45, 2.75) is 46.1 Å². The molecule has 0 N–H and O–H groups in total. The van der Waals surface area contributed by atoms with Crippen LogP contribution in [-0.2, 0) is 0 Å². The van der Waals surface area contributed by atoms with E-state index in [-0.39, 0.29) is 0 Å². The summed E-state index contributed by atoms with van der Waals surface area (Å²) in [6.45, 7) is 11.4. The van der Waals surface area contributed by atoms with Gasteiger partial charge in [0.25, 0.3) is 0 Å². The minimum Gasteiger partial charge on any atom is -0.176 e. The van der Waals surface area contributed by atoms with Gasteiger partial charge in [0.05, 0.1) is 0 Å². The van der Waals surface area contributed by atoms with Crippen LogP contribution in [0.15, 0.2) is 0 Å². The van der Waals surface area contributed by atoms with Crippen LogP contribution in [-0.4, -0.2) is 8.83 Å². The van der Waals surface area contributed by atoms with Crippen LogP contribution in [0.25, 0.3) is 0 Å². The maximum atomic E-state index is 6.00. The van der Waals surface area contributed by atoms with Crippen molar-refractivity contribution < 1.29 is 0 Å². The third-order valence-corrected chi connectivity index (χ3v) is 6.68. The summed E-state index contributed by atoms with van der Waals surface area (Å²) in [5.41, 5.74) is 0.418. The Bertz CT molecular complexity index is 93.8. The first kappa shape index (κ1) is 10.5. The lowest BCUT2D eigenvalue weighted by atomic mass is 9.78. The molecule has 0 amide bonds. The van der Waals surface area contributed by atoms with Crippen LogP contribution in [0.4, 0.5) is 0 Å². The molecule has 0 bridgehead atoms. The molecule has 0 radical (unpaired) electrons. The average molecular weight is 179 g/mol. The Hall–Kier alpha value is 0.507. The van der Waals surface area contributed by atoms with E-state index in [1.807, 2.05) is 0 Å². The number of hydrogen-bond acceptors (Lipinski definition) is 0. The Morgan fingerprint density at radius 2 is 1.60 bits per heavy atom. The van der Waals surface area contributed by atoms with Crippen LogP contribution in [0.1, 0.15) is 41.0 Å². The van der Waals surface area contributed by atoms with E-state index >= 15 is 0 Å². The van der Waals surface area contributed by atoms with Crippen LogP contribution in [0.3, 0.4) is 0 Å². The fourth-order valence-electron chi connectivity index (χ4n) is 0.659. The Kier molecular flexibility index (Phi) is 3.43. The minimum atomic E-state index is -0.401. The zero-order chi connectivity index (χ0) is 8.41. The molecule has 0 fully saturated rings. The van der Waals surface area contributed by atoms with Crippen molar-refractivity contribution >= 4 is 19.9 Å². The quantitative estimate of drug-likeness (QED) is 0.461. The summed E-state index contributed by atoms with van der Waals surface area (Å²) in [5.74, 6) is 0. The second kappa shape index (κ2) is 3.27. The van der Waals surface area contributed by atoms with Crippen molar-refractivity contribution in [2.24, 2.45) is 5.41 Å².